The predicted molar refractivity (Wildman–Crippen MR) is 99.2 cm³/mol. The van der Waals surface area contributed by atoms with Gasteiger partial charge in [0.15, 0.2) is 4.34 Å². The average molecular weight is 342 g/mol. The van der Waals surface area contributed by atoms with Crippen LogP contribution in [0.1, 0.15) is 22.3 Å². The van der Waals surface area contributed by atoms with Gasteiger partial charge in [-0.05, 0) is 36.1 Å². The minimum absolute atomic E-state index is 0.782. The Morgan fingerprint density at radius 1 is 0.913 bits per heavy atom. The van der Waals surface area contributed by atoms with E-state index in [1.54, 1.807) is 23.1 Å². The molecule has 0 fully saturated rings. The van der Waals surface area contributed by atoms with E-state index in [9.17, 15) is 0 Å². The third-order valence-corrected chi connectivity index (χ3v) is 5.77. The lowest BCUT2D eigenvalue weighted by atomic mass is 10.1. The molecule has 1 heterocycles. The molecule has 0 saturated heterocycles. The van der Waals surface area contributed by atoms with Gasteiger partial charge >= 0.3 is 0 Å². The molecule has 2 aromatic carbocycles. The molecule has 118 valence electrons. The van der Waals surface area contributed by atoms with Crippen molar-refractivity contribution in [1.82, 2.24) is 10.2 Å². The molecule has 3 rings (SSSR count). The first-order valence-electron chi connectivity index (χ1n) is 7.51. The van der Waals surface area contributed by atoms with Gasteiger partial charge in [-0.1, -0.05) is 71.6 Å². The van der Waals surface area contributed by atoms with E-state index in [-0.39, 0.29) is 0 Å². The van der Waals surface area contributed by atoms with Gasteiger partial charge in [0.1, 0.15) is 0 Å². The molecule has 0 saturated carbocycles. The van der Waals surface area contributed by atoms with E-state index in [1.807, 2.05) is 0 Å². The third kappa shape index (κ3) is 4.33. The number of aromatic nitrogens is 2. The summed E-state index contributed by atoms with van der Waals surface area (Å²) in [5, 5.41) is 12.7. The van der Waals surface area contributed by atoms with E-state index in [2.05, 4.69) is 77.9 Å². The van der Waals surface area contributed by atoms with E-state index in [0.29, 0.717) is 0 Å². The molecule has 0 spiro atoms. The number of rotatable bonds is 6. The van der Waals surface area contributed by atoms with Crippen LogP contribution < -0.4 is 5.32 Å². The number of hydrogen-bond acceptors (Lipinski definition) is 5. The molecule has 1 N–H and O–H groups in total. The summed E-state index contributed by atoms with van der Waals surface area (Å²) in [7, 11) is 0. The van der Waals surface area contributed by atoms with Gasteiger partial charge in [0.25, 0.3) is 0 Å². The number of thioether (sulfide) groups is 1. The average Bonchev–Trinajstić information content (AvgIpc) is 3.01. The highest BCUT2D eigenvalue weighted by Crippen LogP contribution is 2.29. The first-order valence-corrected chi connectivity index (χ1v) is 9.32. The van der Waals surface area contributed by atoms with Crippen molar-refractivity contribution in [2.24, 2.45) is 0 Å². The molecule has 0 aliphatic rings. The Balaban J connectivity index is 1.56. The fourth-order valence-electron chi connectivity index (χ4n) is 2.23. The maximum atomic E-state index is 4.26. The highest BCUT2D eigenvalue weighted by atomic mass is 32.2. The van der Waals surface area contributed by atoms with Crippen molar-refractivity contribution < 1.29 is 0 Å². The number of benzene rings is 2. The summed E-state index contributed by atoms with van der Waals surface area (Å²) >= 11 is 3.35. The van der Waals surface area contributed by atoms with Crippen LogP contribution in [0, 0.1) is 13.8 Å². The van der Waals surface area contributed by atoms with Crippen molar-refractivity contribution >= 4 is 28.2 Å². The smallest absolute Gasteiger partial charge is 0.206 e. The van der Waals surface area contributed by atoms with E-state index in [1.165, 1.54) is 22.3 Å². The summed E-state index contributed by atoms with van der Waals surface area (Å²) < 4.78 is 1.00. The highest BCUT2D eigenvalue weighted by molar-refractivity contribution is 8.00. The molecular formula is C18H19N3S2. The number of aryl methyl sites for hydroxylation is 2. The van der Waals surface area contributed by atoms with Crippen LogP contribution in [0.2, 0.25) is 0 Å². The summed E-state index contributed by atoms with van der Waals surface area (Å²) in [6, 6.07) is 16.8. The minimum atomic E-state index is 0.782. The normalized spacial score (nSPS) is 10.7. The Kier molecular flexibility index (Phi) is 5.31. The van der Waals surface area contributed by atoms with Crippen LogP contribution in [-0.4, -0.2) is 10.2 Å². The Morgan fingerprint density at radius 3 is 2.26 bits per heavy atom. The van der Waals surface area contributed by atoms with Crippen molar-refractivity contribution in [3.05, 3.63) is 70.8 Å². The molecule has 23 heavy (non-hydrogen) atoms. The van der Waals surface area contributed by atoms with E-state index in [4.69, 9.17) is 0 Å². The van der Waals surface area contributed by atoms with Gasteiger partial charge < -0.3 is 5.32 Å². The van der Waals surface area contributed by atoms with Gasteiger partial charge in [0.05, 0.1) is 0 Å². The van der Waals surface area contributed by atoms with Crippen molar-refractivity contribution in [3.8, 4) is 0 Å². The van der Waals surface area contributed by atoms with Gasteiger partial charge in [0.2, 0.25) is 5.13 Å². The first kappa shape index (κ1) is 16.0. The van der Waals surface area contributed by atoms with Gasteiger partial charge in [-0.15, -0.1) is 10.2 Å². The molecule has 3 aromatic rings. The minimum Gasteiger partial charge on any atom is -0.356 e. The van der Waals surface area contributed by atoms with E-state index < -0.39 is 0 Å². The number of anilines is 1. The summed E-state index contributed by atoms with van der Waals surface area (Å²) in [5.74, 6) is 0.930. The molecule has 1 aromatic heterocycles. The molecule has 0 radical (unpaired) electrons. The van der Waals surface area contributed by atoms with Crippen LogP contribution >= 0.6 is 23.1 Å². The van der Waals surface area contributed by atoms with Crippen molar-refractivity contribution in [1.29, 1.82) is 0 Å². The van der Waals surface area contributed by atoms with Gasteiger partial charge in [-0.25, -0.2) is 0 Å². The second kappa shape index (κ2) is 7.62. The number of hydrogen-bond donors (Lipinski definition) is 1. The summed E-state index contributed by atoms with van der Waals surface area (Å²) in [4.78, 5) is 0. The van der Waals surface area contributed by atoms with Crippen LogP contribution in [0.4, 0.5) is 5.13 Å². The molecule has 5 heteroatoms. The monoisotopic (exact) mass is 341 g/mol. The predicted octanol–water partition coefficient (Wildman–Crippen LogP) is 5.06. The summed E-state index contributed by atoms with van der Waals surface area (Å²) in [6.07, 6.45) is 0. The van der Waals surface area contributed by atoms with Gasteiger partial charge in [-0.3, -0.25) is 0 Å². The lowest BCUT2D eigenvalue weighted by Gasteiger charge is -2.05. The quantitative estimate of drug-likeness (QED) is 0.636. The molecule has 0 aliphatic heterocycles. The van der Waals surface area contributed by atoms with Crippen molar-refractivity contribution in [2.75, 3.05) is 5.32 Å². The molecule has 0 amide bonds. The second-order valence-corrected chi connectivity index (χ2v) is 7.57. The van der Waals surface area contributed by atoms with Crippen LogP contribution in [0.3, 0.4) is 0 Å². The largest absolute Gasteiger partial charge is 0.356 e. The standard InChI is InChI=1S/C18H19N3S2/c1-13-7-3-5-9-15(13)11-19-17-20-21-18(23-17)22-12-16-10-6-4-8-14(16)2/h3-10H,11-12H2,1-2H3,(H,19,20). The zero-order valence-corrected chi connectivity index (χ0v) is 14.9. The van der Waals surface area contributed by atoms with E-state index in [0.717, 1.165) is 21.8 Å². The number of nitrogens with one attached hydrogen (secondary N) is 1. The summed E-state index contributed by atoms with van der Waals surface area (Å²) in [6.45, 7) is 5.05. The van der Waals surface area contributed by atoms with Gasteiger partial charge in [-0.2, -0.15) is 0 Å². The fraction of sp³-hybridized carbons (Fsp3) is 0.222. The molecular weight excluding hydrogens is 322 g/mol. The SMILES string of the molecule is Cc1ccccc1CNc1nnc(SCc2ccccc2C)s1. The first-order chi connectivity index (χ1) is 11.2. The lowest BCUT2D eigenvalue weighted by molar-refractivity contribution is 0.992. The Hall–Kier alpha value is -1.85. The zero-order valence-electron chi connectivity index (χ0n) is 13.2. The zero-order chi connectivity index (χ0) is 16.1. The number of nitrogens with zero attached hydrogens (tertiary/aromatic N) is 2. The van der Waals surface area contributed by atoms with Crippen LogP contribution in [0.5, 0.6) is 0 Å². The third-order valence-electron chi connectivity index (χ3n) is 3.71. The second-order valence-electron chi connectivity index (χ2n) is 5.37. The maximum Gasteiger partial charge on any atom is 0.206 e. The van der Waals surface area contributed by atoms with Gasteiger partial charge in [0, 0.05) is 12.3 Å². The van der Waals surface area contributed by atoms with E-state index >= 15 is 0 Å². The molecule has 0 atom stereocenters. The summed E-state index contributed by atoms with van der Waals surface area (Å²) in [5.41, 5.74) is 5.25. The Labute approximate surface area is 145 Å². The fourth-order valence-corrected chi connectivity index (χ4v) is 4.05. The van der Waals surface area contributed by atoms with Crippen molar-refractivity contribution in [2.45, 2.75) is 30.5 Å². The Morgan fingerprint density at radius 2 is 1.57 bits per heavy atom. The molecule has 0 unspecified atom stereocenters. The highest BCUT2D eigenvalue weighted by Gasteiger charge is 2.06. The van der Waals surface area contributed by atoms with Crippen molar-refractivity contribution in [3.63, 3.8) is 0 Å². The van der Waals surface area contributed by atoms with Crippen LogP contribution in [0.25, 0.3) is 0 Å². The molecule has 3 nitrogen and oxygen atoms in total. The Bertz CT molecular complexity index is 719. The molecule has 0 bridgehead atoms. The molecule has 0 aliphatic carbocycles. The topological polar surface area (TPSA) is 37.8 Å². The van der Waals surface area contributed by atoms with Crippen LogP contribution in [0.15, 0.2) is 52.9 Å². The lowest BCUT2D eigenvalue weighted by Crippen LogP contribution is -2.00. The van der Waals surface area contributed by atoms with Crippen LogP contribution in [-0.2, 0) is 12.3 Å². The maximum absolute atomic E-state index is 4.26.